The van der Waals surface area contributed by atoms with E-state index in [1.807, 2.05) is 0 Å². The Bertz CT molecular complexity index is 602. The summed E-state index contributed by atoms with van der Waals surface area (Å²) in [6.45, 7) is 4.39. The summed E-state index contributed by atoms with van der Waals surface area (Å²) >= 11 is 0. The largest absolute Gasteiger partial charge is 0.377 e. The average molecular weight is 336 g/mol. The molecule has 0 spiro atoms. The van der Waals surface area contributed by atoms with Crippen molar-refractivity contribution < 1.29 is 19.1 Å². The molecule has 132 valence electrons. The number of fused-ring (bicyclic) bond motifs is 1. The van der Waals surface area contributed by atoms with Gasteiger partial charge in [-0.1, -0.05) is 6.92 Å². The van der Waals surface area contributed by atoms with Gasteiger partial charge in [0.15, 0.2) is 0 Å². The van der Waals surface area contributed by atoms with Gasteiger partial charge in [-0.05, 0) is 55.4 Å². The predicted molar refractivity (Wildman–Crippen MR) is 87.4 cm³/mol. The average Bonchev–Trinajstić information content (AvgIpc) is 2.61. The summed E-state index contributed by atoms with van der Waals surface area (Å²) in [5, 5.41) is 8.78. The first-order valence-corrected chi connectivity index (χ1v) is 8.73. The van der Waals surface area contributed by atoms with Crippen LogP contribution in [0.4, 0.5) is 4.39 Å². The molecular formula is C18H25FN2O3. The van der Waals surface area contributed by atoms with Crippen LogP contribution in [-0.4, -0.2) is 41.3 Å². The van der Waals surface area contributed by atoms with Gasteiger partial charge in [0.25, 0.3) is 5.91 Å². The smallest absolute Gasteiger partial charge is 0.274 e. The predicted octanol–water partition coefficient (Wildman–Crippen LogP) is 2.65. The lowest BCUT2D eigenvalue weighted by Gasteiger charge is -2.39. The van der Waals surface area contributed by atoms with Crippen molar-refractivity contribution in [1.82, 2.24) is 10.4 Å². The van der Waals surface area contributed by atoms with Crippen LogP contribution in [0.1, 0.15) is 54.1 Å². The van der Waals surface area contributed by atoms with E-state index in [0.717, 1.165) is 38.0 Å². The molecule has 0 aromatic heterocycles. The topological polar surface area (TPSA) is 61.8 Å². The molecule has 6 heteroatoms. The summed E-state index contributed by atoms with van der Waals surface area (Å²) in [6.07, 6.45) is 5.22. The minimum absolute atomic E-state index is 0.151. The van der Waals surface area contributed by atoms with Crippen LogP contribution in [-0.2, 0) is 17.7 Å². The van der Waals surface area contributed by atoms with Crippen LogP contribution in [0, 0.1) is 5.82 Å². The maximum atomic E-state index is 14.4. The third kappa shape index (κ3) is 3.61. The van der Waals surface area contributed by atoms with Crippen LogP contribution in [0.3, 0.4) is 0 Å². The molecule has 2 N–H and O–H groups in total. The second-order valence-corrected chi connectivity index (χ2v) is 6.72. The lowest BCUT2D eigenvalue weighted by molar-refractivity contribution is -0.0182. The highest BCUT2D eigenvalue weighted by Crippen LogP contribution is 2.29. The number of carbonyl (C=O) groups excluding carboxylic acids is 1. The van der Waals surface area contributed by atoms with Gasteiger partial charge in [-0.3, -0.25) is 14.9 Å². The Morgan fingerprint density at radius 3 is 2.96 bits per heavy atom. The van der Waals surface area contributed by atoms with E-state index < -0.39 is 5.91 Å². The maximum Gasteiger partial charge on any atom is 0.274 e. The van der Waals surface area contributed by atoms with Crippen LogP contribution in [0.25, 0.3) is 0 Å². The molecule has 2 aliphatic heterocycles. The van der Waals surface area contributed by atoms with Crippen molar-refractivity contribution in [2.45, 2.75) is 57.7 Å². The van der Waals surface area contributed by atoms with Crippen molar-refractivity contribution in [1.29, 1.82) is 0 Å². The number of amides is 1. The molecule has 1 aromatic carbocycles. The molecule has 5 nitrogen and oxygen atoms in total. The van der Waals surface area contributed by atoms with Gasteiger partial charge in [0.1, 0.15) is 5.82 Å². The Labute approximate surface area is 141 Å². The van der Waals surface area contributed by atoms with Gasteiger partial charge < -0.3 is 4.74 Å². The number of hydrogen-bond acceptors (Lipinski definition) is 4. The summed E-state index contributed by atoms with van der Waals surface area (Å²) in [6, 6.07) is 3.18. The molecule has 0 saturated carbocycles. The monoisotopic (exact) mass is 336 g/mol. The number of halogens is 1. The molecule has 0 aliphatic carbocycles. The van der Waals surface area contributed by atoms with Crippen LogP contribution in [0.2, 0.25) is 0 Å². The third-order valence-electron chi connectivity index (χ3n) is 5.16. The Kier molecular flexibility index (Phi) is 5.48. The van der Waals surface area contributed by atoms with Gasteiger partial charge in [0.2, 0.25) is 0 Å². The quantitative estimate of drug-likeness (QED) is 0.655. The van der Waals surface area contributed by atoms with E-state index in [-0.39, 0.29) is 23.5 Å². The zero-order chi connectivity index (χ0) is 17.1. The van der Waals surface area contributed by atoms with E-state index in [9.17, 15) is 9.18 Å². The highest BCUT2D eigenvalue weighted by molar-refractivity contribution is 5.93. The number of benzene rings is 1. The van der Waals surface area contributed by atoms with Gasteiger partial charge in [-0.2, -0.15) is 0 Å². The van der Waals surface area contributed by atoms with Crippen molar-refractivity contribution in [3.05, 3.63) is 34.6 Å². The van der Waals surface area contributed by atoms with Crippen molar-refractivity contribution in [3.63, 3.8) is 0 Å². The van der Waals surface area contributed by atoms with Gasteiger partial charge in [0.05, 0.1) is 6.10 Å². The van der Waals surface area contributed by atoms with Gasteiger partial charge in [0, 0.05) is 31.3 Å². The number of hydroxylamine groups is 1. The van der Waals surface area contributed by atoms with E-state index in [4.69, 9.17) is 9.94 Å². The van der Waals surface area contributed by atoms with Crippen molar-refractivity contribution in [2.24, 2.45) is 0 Å². The zero-order valence-electron chi connectivity index (χ0n) is 14.1. The second-order valence-electron chi connectivity index (χ2n) is 6.72. The van der Waals surface area contributed by atoms with Crippen LogP contribution in [0.5, 0.6) is 0 Å². The Balaban J connectivity index is 1.82. The van der Waals surface area contributed by atoms with E-state index >= 15 is 0 Å². The lowest BCUT2D eigenvalue weighted by atomic mass is 9.90. The maximum absolute atomic E-state index is 14.4. The number of nitrogens with zero attached hydrogens (tertiary/aromatic N) is 1. The van der Waals surface area contributed by atoms with Gasteiger partial charge in [-0.15, -0.1) is 0 Å². The summed E-state index contributed by atoms with van der Waals surface area (Å²) in [5.41, 5.74) is 3.24. The summed E-state index contributed by atoms with van der Waals surface area (Å²) in [7, 11) is 0. The molecule has 0 unspecified atom stereocenters. The molecule has 1 fully saturated rings. The molecule has 2 atom stereocenters. The van der Waals surface area contributed by atoms with Crippen LogP contribution in [0.15, 0.2) is 12.1 Å². The summed E-state index contributed by atoms with van der Waals surface area (Å²) < 4.78 is 20.3. The first-order chi connectivity index (χ1) is 11.6. The highest BCUT2D eigenvalue weighted by atomic mass is 19.1. The highest BCUT2D eigenvalue weighted by Gasteiger charge is 2.30. The first-order valence-electron chi connectivity index (χ1n) is 8.73. The minimum atomic E-state index is -0.684. The Morgan fingerprint density at radius 2 is 2.29 bits per heavy atom. The fraction of sp³-hybridized carbons (Fsp3) is 0.611. The molecule has 2 heterocycles. The normalized spacial score (nSPS) is 24.5. The number of rotatable bonds is 4. The molecule has 1 amide bonds. The number of carbonyl (C=O) groups is 1. The van der Waals surface area contributed by atoms with Crippen molar-refractivity contribution in [3.8, 4) is 0 Å². The SMILES string of the molecule is CC[C@H]1Cc2c(F)cc(C(=O)NO)cc2CN1C[C@H]1CCCCO1. The summed E-state index contributed by atoms with van der Waals surface area (Å²) in [5.74, 6) is -1.05. The lowest BCUT2D eigenvalue weighted by Crippen LogP contribution is -2.45. The van der Waals surface area contributed by atoms with Crippen molar-refractivity contribution >= 4 is 5.91 Å². The zero-order valence-corrected chi connectivity index (χ0v) is 14.1. The van der Waals surface area contributed by atoms with Crippen LogP contribution >= 0.6 is 0 Å². The van der Waals surface area contributed by atoms with E-state index in [1.54, 1.807) is 11.5 Å². The minimum Gasteiger partial charge on any atom is -0.377 e. The molecular weight excluding hydrogens is 311 g/mol. The number of nitrogens with one attached hydrogen (secondary N) is 1. The van der Waals surface area contributed by atoms with Crippen LogP contribution < -0.4 is 5.48 Å². The molecule has 0 radical (unpaired) electrons. The summed E-state index contributed by atoms with van der Waals surface area (Å²) in [4.78, 5) is 14.0. The fourth-order valence-corrected chi connectivity index (χ4v) is 3.80. The fourth-order valence-electron chi connectivity index (χ4n) is 3.80. The number of ether oxygens (including phenoxy) is 1. The van der Waals surface area contributed by atoms with Crippen molar-refractivity contribution in [2.75, 3.05) is 13.2 Å². The van der Waals surface area contributed by atoms with Gasteiger partial charge >= 0.3 is 0 Å². The standard InChI is InChI=1S/C18H25FN2O3/c1-2-14-9-16-13(7-12(8-17(16)19)18(22)20-23)10-21(14)11-15-5-3-4-6-24-15/h7-8,14-15,23H,2-6,9-11H2,1H3,(H,20,22)/t14-,15+/m0/s1. The van der Waals surface area contributed by atoms with E-state index in [1.165, 1.54) is 12.5 Å². The Morgan fingerprint density at radius 1 is 1.46 bits per heavy atom. The van der Waals surface area contributed by atoms with E-state index in [0.29, 0.717) is 18.5 Å². The number of hydrogen-bond donors (Lipinski definition) is 2. The first kappa shape index (κ1) is 17.3. The molecule has 0 bridgehead atoms. The third-order valence-corrected chi connectivity index (χ3v) is 5.16. The van der Waals surface area contributed by atoms with E-state index in [2.05, 4.69) is 11.8 Å². The van der Waals surface area contributed by atoms with Gasteiger partial charge in [-0.25, -0.2) is 9.87 Å². The second kappa shape index (κ2) is 7.59. The molecule has 1 saturated heterocycles. The molecule has 3 rings (SSSR count). The Hall–Kier alpha value is -1.50. The molecule has 2 aliphatic rings. The molecule has 24 heavy (non-hydrogen) atoms. The molecule has 1 aromatic rings.